The number of primary amides is 1. The zero-order valence-corrected chi connectivity index (χ0v) is 20.5. The van der Waals surface area contributed by atoms with Crippen LogP contribution in [0.5, 0.6) is 0 Å². The molecule has 3 aromatic rings. The molecule has 4 rings (SSSR count). The van der Waals surface area contributed by atoms with E-state index >= 15 is 0 Å². The summed E-state index contributed by atoms with van der Waals surface area (Å²) < 4.78 is 1.87. The number of nitrogens with zero attached hydrogens (tertiary/aromatic N) is 3. The average molecular weight is 502 g/mol. The Morgan fingerprint density at radius 2 is 2.18 bits per heavy atom. The van der Waals surface area contributed by atoms with Crippen molar-refractivity contribution in [1.82, 2.24) is 14.8 Å². The Kier molecular flexibility index (Phi) is 7.21. The molecule has 0 bridgehead atoms. The van der Waals surface area contributed by atoms with E-state index in [1.165, 1.54) is 23.1 Å². The molecule has 33 heavy (non-hydrogen) atoms. The number of aromatic nitrogens is 3. The molecule has 1 atom stereocenters. The van der Waals surface area contributed by atoms with Gasteiger partial charge >= 0.3 is 0 Å². The van der Waals surface area contributed by atoms with Gasteiger partial charge in [0.15, 0.2) is 11.0 Å². The quantitative estimate of drug-likeness (QED) is 0.341. The average Bonchev–Trinajstić information content (AvgIpc) is 3.33. The maximum absolute atomic E-state index is 12.8. The number of carbonyl (C=O) groups excluding carboxylic acids is 2. The lowest BCUT2D eigenvalue weighted by Crippen LogP contribution is -2.20. The molecule has 10 heteroatoms. The lowest BCUT2D eigenvalue weighted by atomic mass is 9.88. The van der Waals surface area contributed by atoms with E-state index in [1.807, 2.05) is 22.8 Å². The minimum Gasteiger partial charge on any atom is -0.365 e. The van der Waals surface area contributed by atoms with Gasteiger partial charge in [0.2, 0.25) is 5.91 Å². The van der Waals surface area contributed by atoms with Crippen molar-refractivity contribution in [3.05, 3.63) is 57.9 Å². The second-order valence-electron chi connectivity index (χ2n) is 7.94. The summed E-state index contributed by atoms with van der Waals surface area (Å²) in [5.41, 5.74) is 7.85. The van der Waals surface area contributed by atoms with Crippen LogP contribution in [0.15, 0.2) is 42.1 Å². The summed E-state index contributed by atoms with van der Waals surface area (Å²) in [6, 6.07) is 7.40. The monoisotopic (exact) mass is 501 g/mol. The van der Waals surface area contributed by atoms with Crippen LogP contribution >= 0.6 is 34.7 Å². The summed E-state index contributed by atoms with van der Waals surface area (Å²) in [7, 11) is 0. The number of hydrogen-bond acceptors (Lipinski definition) is 6. The van der Waals surface area contributed by atoms with Gasteiger partial charge in [-0.2, -0.15) is 0 Å². The fraction of sp³-hybridized carbons (Fsp3) is 0.304. The number of nitrogens with one attached hydrogen (secondary N) is 1. The molecule has 7 nitrogen and oxygen atoms in total. The molecule has 0 aliphatic heterocycles. The van der Waals surface area contributed by atoms with E-state index in [2.05, 4.69) is 29.0 Å². The Hall–Kier alpha value is -2.62. The van der Waals surface area contributed by atoms with Crippen molar-refractivity contribution in [2.24, 2.45) is 11.7 Å². The largest absolute Gasteiger partial charge is 0.365 e. The number of allylic oxidation sites excluding steroid dienone is 1. The second kappa shape index (κ2) is 10.1. The predicted molar refractivity (Wildman–Crippen MR) is 134 cm³/mol. The van der Waals surface area contributed by atoms with Crippen LogP contribution in [0.2, 0.25) is 5.02 Å². The first kappa shape index (κ1) is 23.5. The third kappa shape index (κ3) is 5.00. The lowest BCUT2D eigenvalue weighted by Gasteiger charge is -2.18. The summed E-state index contributed by atoms with van der Waals surface area (Å²) >= 11 is 9.05. The van der Waals surface area contributed by atoms with Crippen LogP contribution in [-0.2, 0) is 24.2 Å². The van der Waals surface area contributed by atoms with E-state index in [0.717, 1.165) is 35.3 Å². The Morgan fingerprint density at radius 1 is 1.39 bits per heavy atom. The Bertz CT molecular complexity index is 1220. The maximum Gasteiger partial charge on any atom is 0.251 e. The summed E-state index contributed by atoms with van der Waals surface area (Å²) in [4.78, 5) is 26.0. The Morgan fingerprint density at radius 3 is 2.91 bits per heavy atom. The van der Waals surface area contributed by atoms with Gasteiger partial charge in [-0.3, -0.25) is 14.2 Å². The third-order valence-corrected chi connectivity index (χ3v) is 7.95. The van der Waals surface area contributed by atoms with E-state index in [4.69, 9.17) is 17.3 Å². The van der Waals surface area contributed by atoms with E-state index in [-0.39, 0.29) is 11.7 Å². The van der Waals surface area contributed by atoms with Crippen molar-refractivity contribution < 1.29 is 9.59 Å². The number of rotatable bonds is 8. The number of nitrogens with two attached hydrogens (primary N) is 1. The highest BCUT2D eigenvalue weighted by Crippen LogP contribution is 2.39. The molecule has 1 aliphatic rings. The fourth-order valence-corrected chi connectivity index (χ4v) is 6.32. The SMILES string of the molecule is C=CCn1c(SCC(=O)Nc2sc3c(c2C(N)=O)CCC(C)C3)nnc1-c1ccccc1Cl. The van der Waals surface area contributed by atoms with Crippen LogP contribution in [0.25, 0.3) is 11.4 Å². The number of carbonyl (C=O) groups is 2. The number of halogens is 1. The van der Waals surface area contributed by atoms with Gasteiger partial charge in [0.05, 0.1) is 16.3 Å². The first-order chi connectivity index (χ1) is 15.9. The summed E-state index contributed by atoms with van der Waals surface area (Å²) in [5, 5.41) is 13.1. The van der Waals surface area contributed by atoms with Gasteiger partial charge < -0.3 is 11.1 Å². The molecule has 3 N–H and O–H groups in total. The summed E-state index contributed by atoms with van der Waals surface area (Å²) in [6.07, 6.45) is 4.47. The molecule has 0 fully saturated rings. The molecule has 0 saturated heterocycles. The number of hydrogen-bond donors (Lipinski definition) is 2. The van der Waals surface area contributed by atoms with Gasteiger partial charge in [-0.05, 0) is 42.9 Å². The fourth-order valence-electron chi connectivity index (χ4n) is 3.92. The lowest BCUT2D eigenvalue weighted by molar-refractivity contribution is -0.113. The zero-order chi connectivity index (χ0) is 23.5. The third-order valence-electron chi connectivity index (χ3n) is 5.49. The van der Waals surface area contributed by atoms with Crippen molar-refractivity contribution in [3.63, 3.8) is 0 Å². The van der Waals surface area contributed by atoms with Gasteiger partial charge in [0.25, 0.3) is 5.91 Å². The van der Waals surface area contributed by atoms with Crippen molar-refractivity contribution in [2.45, 2.75) is 37.9 Å². The molecule has 0 radical (unpaired) electrons. The van der Waals surface area contributed by atoms with E-state index in [0.29, 0.717) is 39.0 Å². The van der Waals surface area contributed by atoms with E-state index < -0.39 is 5.91 Å². The van der Waals surface area contributed by atoms with Crippen molar-refractivity contribution in [3.8, 4) is 11.4 Å². The number of benzene rings is 1. The van der Waals surface area contributed by atoms with Crippen LogP contribution in [-0.4, -0.2) is 32.3 Å². The molecule has 1 aliphatic carbocycles. The summed E-state index contributed by atoms with van der Waals surface area (Å²) in [6.45, 7) is 6.47. The number of anilines is 1. The van der Waals surface area contributed by atoms with Gasteiger partial charge in [-0.15, -0.1) is 28.1 Å². The van der Waals surface area contributed by atoms with Crippen molar-refractivity contribution in [2.75, 3.05) is 11.1 Å². The predicted octanol–water partition coefficient (Wildman–Crippen LogP) is 4.80. The molecule has 0 spiro atoms. The maximum atomic E-state index is 12.8. The van der Waals surface area contributed by atoms with Crippen LogP contribution in [0.4, 0.5) is 5.00 Å². The second-order valence-corrected chi connectivity index (χ2v) is 10.4. The van der Waals surface area contributed by atoms with Crippen molar-refractivity contribution in [1.29, 1.82) is 0 Å². The molecule has 0 saturated carbocycles. The zero-order valence-electron chi connectivity index (χ0n) is 18.1. The Labute approximate surface area is 205 Å². The molecule has 1 unspecified atom stereocenters. The Balaban J connectivity index is 1.51. The highest BCUT2D eigenvalue weighted by atomic mass is 35.5. The highest BCUT2D eigenvalue weighted by Gasteiger charge is 2.27. The number of thioether (sulfide) groups is 1. The van der Waals surface area contributed by atoms with Gasteiger partial charge in [-0.1, -0.05) is 48.5 Å². The van der Waals surface area contributed by atoms with Crippen LogP contribution < -0.4 is 11.1 Å². The minimum absolute atomic E-state index is 0.106. The first-order valence-corrected chi connectivity index (χ1v) is 12.7. The van der Waals surface area contributed by atoms with E-state index in [9.17, 15) is 9.59 Å². The van der Waals surface area contributed by atoms with Crippen LogP contribution in [0, 0.1) is 5.92 Å². The highest BCUT2D eigenvalue weighted by molar-refractivity contribution is 7.99. The van der Waals surface area contributed by atoms with Crippen LogP contribution in [0.3, 0.4) is 0 Å². The molecule has 2 amide bonds. The standard InChI is InChI=1S/C23H24ClN5O2S2/c1-3-10-29-21(14-6-4-5-7-16(14)24)27-28-23(29)32-12-18(30)26-22-19(20(25)31)15-9-8-13(2)11-17(15)33-22/h3-7,13H,1,8-12H2,2H3,(H2,25,31)(H,26,30). The van der Waals surface area contributed by atoms with E-state index in [1.54, 1.807) is 12.1 Å². The summed E-state index contributed by atoms with van der Waals surface area (Å²) in [5.74, 6) is 0.537. The number of fused-ring (bicyclic) bond motifs is 1. The van der Waals surface area contributed by atoms with Crippen molar-refractivity contribution >= 4 is 51.5 Å². The molecular formula is C23H24ClN5O2S2. The molecule has 2 heterocycles. The smallest absolute Gasteiger partial charge is 0.251 e. The molecular weight excluding hydrogens is 478 g/mol. The molecule has 2 aromatic heterocycles. The van der Waals surface area contributed by atoms with Gasteiger partial charge in [-0.25, -0.2) is 0 Å². The minimum atomic E-state index is -0.500. The molecule has 1 aromatic carbocycles. The van der Waals surface area contributed by atoms with Gasteiger partial charge in [0.1, 0.15) is 5.00 Å². The molecule has 172 valence electrons. The normalized spacial score (nSPS) is 15.2. The topological polar surface area (TPSA) is 103 Å². The number of thiophene rings is 1. The van der Waals surface area contributed by atoms with Crippen LogP contribution in [0.1, 0.15) is 34.1 Å². The first-order valence-electron chi connectivity index (χ1n) is 10.5. The van der Waals surface area contributed by atoms with Gasteiger partial charge in [0, 0.05) is 17.0 Å². The number of amides is 2.